The summed E-state index contributed by atoms with van der Waals surface area (Å²) in [4.78, 5) is 28.3. The van der Waals surface area contributed by atoms with Gasteiger partial charge in [0, 0.05) is 24.9 Å². The first-order valence-corrected chi connectivity index (χ1v) is 8.81. The van der Waals surface area contributed by atoms with Gasteiger partial charge in [0.15, 0.2) is 10.8 Å². The molecule has 3 heterocycles. The van der Waals surface area contributed by atoms with Crippen LogP contribution in [0.15, 0.2) is 63.9 Å². The number of benzene rings is 1. The molecule has 7 heteroatoms. The van der Waals surface area contributed by atoms with Gasteiger partial charge >= 0.3 is 0 Å². The van der Waals surface area contributed by atoms with Gasteiger partial charge in [-0.3, -0.25) is 9.59 Å². The molecule has 4 aromatic rings. The fraction of sp³-hybridized carbons (Fsp3) is 0.105. The molecule has 0 fully saturated rings. The molecule has 0 saturated heterocycles. The van der Waals surface area contributed by atoms with Gasteiger partial charge in [-0.25, -0.2) is 4.98 Å². The molecule has 0 aliphatic rings. The number of furan rings is 1. The summed E-state index contributed by atoms with van der Waals surface area (Å²) in [6, 6.07) is 14.5. The molecule has 0 spiro atoms. The average Bonchev–Trinajstić information content (AvgIpc) is 3.28. The molecule has 1 N–H and O–H groups in total. The molecule has 0 aliphatic heterocycles. The van der Waals surface area contributed by atoms with Crippen LogP contribution in [0.3, 0.4) is 0 Å². The van der Waals surface area contributed by atoms with Crippen molar-refractivity contribution in [1.29, 1.82) is 0 Å². The fourth-order valence-electron chi connectivity index (χ4n) is 2.52. The SMILES string of the molecule is Cn1ccc(C(=O)NCc2ccc(-c3nc4ccccc4s3)o2)cc1=O. The maximum Gasteiger partial charge on any atom is 0.251 e. The summed E-state index contributed by atoms with van der Waals surface area (Å²) >= 11 is 1.56. The van der Waals surface area contributed by atoms with Gasteiger partial charge in [-0.05, 0) is 30.3 Å². The predicted molar refractivity (Wildman–Crippen MR) is 100 cm³/mol. The Labute approximate surface area is 152 Å². The smallest absolute Gasteiger partial charge is 0.251 e. The number of rotatable bonds is 4. The van der Waals surface area contributed by atoms with Crippen LogP contribution in [0, 0.1) is 0 Å². The van der Waals surface area contributed by atoms with Crippen LogP contribution in [0.1, 0.15) is 16.1 Å². The van der Waals surface area contributed by atoms with Crippen molar-refractivity contribution in [1.82, 2.24) is 14.9 Å². The first-order valence-electron chi connectivity index (χ1n) is 8.00. The van der Waals surface area contributed by atoms with Gasteiger partial charge in [0.2, 0.25) is 0 Å². The van der Waals surface area contributed by atoms with E-state index >= 15 is 0 Å². The third-order valence-corrected chi connectivity index (χ3v) is 5.01. The van der Waals surface area contributed by atoms with E-state index in [1.54, 1.807) is 30.6 Å². The van der Waals surface area contributed by atoms with E-state index in [4.69, 9.17) is 4.42 Å². The van der Waals surface area contributed by atoms with Crippen molar-refractivity contribution in [2.45, 2.75) is 6.54 Å². The normalized spacial score (nSPS) is 11.0. The summed E-state index contributed by atoms with van der Waals surface area (Å²) in [5.74, 6) is 0.973. The number of aromatic nitrogens is 2. The summed E-state index contributed by atoms with van der Waals surface area (Å²) in [6.45, 7) is 0.235. The van der Waals surface area contributed by atoms with Gasteiger partial charge in [0.1, 0.15) is 5.76 Å². The second-order valence-corrected chi connectivity index (χ2v) is 6.83. The highest BCUT2D eigenvalue weighted by atomic mass is 32.1. The standard InChI is InChI=1S/C19H15N3O3S/c1-22-9-8-12(10-17(22)23)18(24)20-11-13-6-7-15(25-13)19-21-14-4-2-3-5-16(14)26-19/h2-10H,11H2,1H3,(H,20,24). The average molecular weight is 365 g/mol. The monoisotopic (exact) mass is 365 g/mol. The molecule has 0 bridgehead atoms. The number of pyridine rings is 1. The molecule has 0 saturated carbocycles. The lowest BCUT2D eigenvalue weighted by atomic mass is 10.2. The Hall–Kier alpha value is -3.19. The number of thiazole rings is 1. The van der Waals surface area contributed by atoms with E-state index in [1.165, 1.54) is 10.6 Å². The Kier molecular flexibility index (Phi) is 4.14. The number of nitrogens with zero attached hydrogens (tertiary/aromatic N) is 2. The molecule has 0 aliphatic carbocycles. The highest BCUT2D eigenvalue weighted by Gasteiger charge is 2.12. The number of fused-ring (bicyclic) bond motifs is 1. The van der Waals surface area contributed by atoms with Gasteiger partial charge < -0.3 is 14.3 Å². The highest BCUT2D eigenvalue weighted by molar-refractivity contribution is 7.21. The molecule has 0 unspecified atom stereocenters. The van der Waals surface area contributed by atoms with Crippen LogP contribution in [0.2, 0.25) is 0 Å². The minimum absolute atomic E-state index is 0.228. The van der Waals surface area contributed by atoms with E-state index in [2.05, 4.69) is 10.3 Å². The zero-order chi connectivity index (χ0) is 18.1. The van der Waals surface area contributed by atoms with Crippen LogP contribution in [0.5, 0.6) is 0 Å². The Balaban J connectivity index is 1.47. The van der Waals surface area contributed by atoms with Crippen LogP contribution in [0.4, 0.5) is 0 Å². The number of hydrogen-bond donors (Lipinski definition) is 1. The number of carbonyl (C=O) groups is 1. The summed E-state index contributed by atoms with van der Waals surface area (Å²) in [7, 11) is 1.64. The molecule has 6 nitrogen and oxygen atoms in total. The highest BCUT2D eigenvalue weighted by Crippen LogP contribution is 2.31. The Morgan fingerprint density at radius 3 is 2.88 bits per heavy atom. The number of nitrogens with one attached hydrogen (secondary N) is 1. The van der Waals surface area contributed by atoms with E-state index < -0.39 is 0 Å². The lowest BCUT2D eigenvalue weighted by Crippen LogP contribution is -2.25. The van der Waals surface area contributed by atoms with Crippen LogP contribution in [0.25, 0.3) is 21.0 Å². The number of para-hydroxylation sites is 1. The van der Waals surface area contributed by atoms with Crippen LogP contribution in [-0.4, -0.2) is 15.5 Å². The number of hydrogen-bond acceptors (Lipinski definition) is 5. The van der Waals surface area contributed by atoms with Crippen molar-refractivity contribution in [3.8, 4) is 10.8 Å². The number of carbonyl (C=O) groups excluding carboxylic acids is 1. The molecule has 4 rings (SSSR count). The fourth-order valence-corrected chi connectivity index (χ4v) is 3.45. The summed E-state index contributed by atoms with van der Waals surface area (Å²) in [6.07, 6.45) is 1.56. The first kappa shape index (κ1) is 16.3. The zero-order valence-electron chi connectivity index (χ0n) is 13.9. The van der Waals surface area contributed by atoms with Crippen molar-refractivity contribution >= 4 is 27.5 Å². The van der Waals surface area contributed by atoms with Crippen molar-refractivity contribution < 1.29 is 9.21 Å². The van der Waals surface area contributed by atoms with E-state index in [-0.39, 0.29) is 18.0 Å². The first-order chi connectivity index (χ1) is 12.6. The second kappa shape index (κ2) is 6.61. The molecule has 0 atom stereocenters. The third-order valence-electron chi connectivity index (χ3n) is 3.96. The molecule has 3 aromatic heterocycles. The topological polar surface area (TPSA) is 77.1 Å². The maximum atomic E-state index is 12.2. The van der Waals surface area contributed by atoms with Gasteiger partial charge in [0.25, 0.3) is 11.5 Å². The van der Waals surface area contributed by atoms with Crippen LogP contribution < -0.4 is 10.9 Å². The van der Waals surface area contributed by atoms with Gasteiger partial charge in [-0.15, -0.1) is 11.3 Å². The van der Waals surface area contributed by atoms with E-state index in [0.29, 0.717) is 17.1 Å². The molecule has 130 valence electrons. The predicted octanol–water partition coefficient (Wildman–Crippen LogP) is 3.19. The minimum Gasteiger partial charge on any atom is -0.457 e. The lowest BCUT2D eigenvalue weighted by molar-refractivity contribution is 0.0948. The molecule has 1 amide bonds. The molecule has 26 heavy (non-hydrogen) atoms. The second-order valence-electron chi connectivity index (χ2n) is 5.80. The minimum atomic E-state index is -0.319. The molecular formula is C19H15N3O3S. The Morgan fingerprint density at radius 1 is 1.23 bits per heavy atom. The van der Waals surface area contributed by atoms with E-state index in [9.17, 15) is 9.59 Å². The number of amides is 1. The van der Waals surface area contributed by atoms with E-state index in [1.807, 2.05) is 36.4 Å². The summed E-state index contributed by atoms with van der Waals surface area (Å²) in [5, 5.41) is 3.56. The van der Waals surface area contributed by atoms with Gasteiger partial charge in [-0.1, -0.05) is 12.1 Å². The molecular weight excluding hydrogens is 350 g/mol. The quantitative estimate of drug-likeness (QED) is 0.602. The zero-order valence-corrected chi connectivity index (χ0v) is 14.7. The maximum absolute atomic E-state index is 12.2. The van der Waals surface area contributed by atoms with E-state index in [0.717, 1.165) is 15.2 Å². The third kappa shape index (κ3) is 3.16. The van der Waals surface area contributed by atoms with Crippen molar-refractivity contribution in [3.63, 3.8) is 0 Å². The molecule has 1 aromatic carbocycles. The largest absolute Gasteiger partial charge is 0.457 e. The summed E-state index contributed by atoms with van der Waals surface area (Å²) in [5.41, 5.74) is 1.03. The van der Waals surface area contributed by atoms with Crippen molar-refractivity contribution in [2.75, 3.05) is 0 Å². The lowest BCUT2D eigenvalue weighted by Gasteiger charge is -2.04. The Morgan fingerprint density at radius 2 is 2.08 bits per heavy atom. The molecule has 0 radical (unpaired) electrons. The van der Waals surface area contributed by atoms with Gasteiger partial charge in [0.05, 0.1) is 16.8 Å². The number of aryl methyl sites for hydroxylation is 1. The van der Waals surface area contributed by atoms with Crippen LogP contribution in [-0.2, 0) is 13.6 Å². The van der Waals surface area contributed by atoms with Crippen molar-refractivity contribution in [3.05, 3.63) is 76.4 Å². The Bertz CT molecular complexity index is 1120. The summed E-state index contributed by atoms with van der Waals surface area (Å²) < 4.78 is 8.30. The van der Waals surface area contributed by atoms with Crippen molar-refractivity contribution in [2.24, 2.45) is 7.05 Å². The van der Waals surface area contributed by atoms with Gasteiger partial charge in [-0.2, -0.15) is 0 Å². The van der Waals surface area contributed by atoms with Crippen LogP contribution >= 0.6 is 11.3 Å².